The molecule has 1 N–H and O–H groups in total. The molecule has 4 rings (SSSR count). The average molecular weight is 397 g/mol. The Morgan fingerprint density at radius 3 is 2.93 bits per heavy atom. The van der Waals surface area contributed by atoms with Crippen molar-refractivity contribution in [3.63, 3.8) is 0 Å². The van der Waals surface area contributed by atoms with Gasteiger partial charge in [-0.2, -0.15) is 0 Å². The Morgan fingerprint density at radius 1 is 1.21 bits per heavy atom. The second-order valence-electron chi connectivity index (χ2n) is 7.10. The lowest BCUT2D eigenvalue weighted by Crippen LogP contribution is -2.24. The van der Waals surface area contributed by atoms with Crippen LogP contribution in [0.15, 0.2) is 52.5 Å². The number of nitrogens with one attached hydrogen (secondary N) is 1. The highest BCUT2D eigenvalue weighted by molar-refractivity contribution is 7.13. The molecular formula is C22H24N2O3S. The molecule has 146 valence electrons. The zero-order valence-corrected chi connectivity index (χ0v) is 16.5. The maximum absolute atomic E-state index is 12.3. The fraction of sp³-hybridized carbons (Fsp3) is 0.364. The summed E-state index contributed by atoms with van der Waals surface area (Å²) in [7, 11) is 0. The second kappa shape index (κ2) is 9.06. The van der Waals surface area contributed by atoms with E-state index in [4.69, 9.17) is 9.15 Å². The van der Waals surface area contributed by atoms with Crippen LogP contribution in [-0.4, -0.2) is 17.0 Å². The van der Waals surface area contributed by atoms with Crippen LogP contribution in [0.3, 0.4) is 0 Å². The third kappa shape index (κ3) is 5.01. The van der Waals surface area contributed by atoms with Gasteiger partial charge in [-0.15, -0.1) is 11.3 Å². The van der Waals surface area contributed by atoms with Gasteiger partial charge in [-0.3, -0.25) is 4.79 Å². The van der Waals surface area contributed by atoms with Gasteiger partial charge in [-0.05, 0) is 54.8 Å². The first-order chi connectivity index (χ1) is 13.8. The Balaban J connectivity index is 1.28. The van der Waals surface area contributed by atoms with Crippen molar-refractivity contribution in [1.29, 1.82) is 0 Å². The average Bonchev–Trinajstić information content (AvgIpc) is 3.39. The number of nitrogens with zero attached hydrogens (tertiary/aromatic N) is 1. The Bertz CT molecular complexity index is 898. The summed E-state index contributed by atoms with van der Waals surface area (Å²) in [6, 6.07) is 11.9. The van der Waals surface area contributed by atoms with Gasteiger partial charge in [0.05, 0.1) is 23.1 Å². The van der Waals surface area contributed by atoms with Crippen molar-refractivity contribution < 1.29 is 13.9 Å². The van der Waals surface area contributed by atoms with Crippen molar-refractivity contribution in [1.82, 2.24) is 10.3 Å². The molecule has 1 aliphatic rings. The highest BCUT2D eigenvalue weighted by Crippen LogP contribution is 2.25. The first-order valence-corrected chi connectivity index (χ1v) is 10.6. The second-order valence-corrected chi connectivity index (χ2v) is 8.05. The quantitative estimate of drug-likeness (QED) is 0.612. The van der Waals surface area contributed by atoms with E-state index in [1.807, 2.05) is 41.8 Å². The zero-order chi connectivity index (χ0) is 19.2. The van der Waals surface area contributed by atoms with E-state index < -0.39 is 0 Å². The molecule has 1 aliphatic carbocycles. The van der Waals surface area contributed by atoms with Gasteiger partial charge in [0, 0.05) is 6.54 Å². The van der Waals surface area contributed by atoms with Crippen LogP contribution >= 0.6 is 11.3 Å². The number of hydrogen-bond acceptors (Lipinski definition) is 5. The van der Waals surface area contributed by atoms with Crippen molar-refractivity contribution in [3.8, 4) is 16.5 Å². The fourth-order valence-corrected chi connectivity index (χ4v) is 4.09. The topological polar surface area (TPSA) is 64.4 Å². The third-order valence-electron chi connectivity index (χ3n) is 4.87. The normalized spacial score (nSPS) is 14.7. The maximum atomic E-state index is 12.3. The van der Waals surface area contributed by atoms with Crippen LogP contribution in [-0.2, 0) is 17.8 Å². The molecule has 5 nitrogen and oxygen atoms in total. The molecule has 6 heteroatoms. The van der Waals surface area contributed by atoms with E-state index in [0.29, 0.717) is 24.2 Å². The smallest absolute Gasteiger partial charge is 0.236 e. The number of amides is 1. The number of ether oxygens (including phenoxy) is 1. The first kappa shape index (κ1) is 18.7. The van der Waals surface area contributed by atoms with Crippen LogP contribution in [0.2, 0.25) is 0 Å². The highest BCUT2D eigenvalue weighted by atomic mass is 32.1. The van der Waals surface area contributed by atoms with Crippen molar-refractivity contribution in [2.24, 2.45) is 0 Å². The van der Waals surface area contributed by atoms with Crippen LogP contribution in [0.5, 0.6) is 5.75 Å². The molecule has 3 aromatic rings. The fourth-order valence-electron chi connectivity index (χ4n) is 3.43. The van der Waals surface area contributed by atoms with Gasteiger partial charge in [-0.25, -0.2) is 4.98 Å². The number of thiophene rings is 1. The lowest BCUT2D eigenvalue weighted by Gasteiger charge is -2.23. The zero-order valence-electron chi connectivity index (χ0n) is 15.7. The van der Waals surface area contributed by atoms with E-state index in [1.165, 1.54) is 19.3 Å². The minimum atomic E-state index is -0.0790. The van der Waals surface area contributed by atoms with Crippen LogP contribution in [0, 0.1) is 0 Å². The van der Waals surface area contributed by atoms with Gasteiger partial charge in [0.2, 0.25) is 11.8 Å². The van der Waals surface area contributed by atoms with Gasteiger partial charge in [0.25, 0.3) is 0 Å². The molecule has 0 saturated heterocycles. The highest BCUT2D eigenvalue weighted by Gasteiger charge is 2.15. The Hall–Kier alpha value is -2.60. The minimum Gasteiger partial charge on any atom is -0.490 e. The molecule has 1 fully saturated rings. The molecule has 0 radical (unpaired) electrons. The van der Waals surface area contributed by atoms with Gasteiger partial charge < -0.3 is 14.5 Å². The number of rotatable bonds is 7. The summed E-state index contributed by atoms with van der Waals surface area (Å²) < 4.78 is 11.6. The number of hydrogen-bond donors (Lipinski definition) is 1. The lowest BCUT2D eigenvalue weighted by atomic mass is 9.98. The predicted molar refractivity (Wildman–Crippen MR) is 109 cm³/mol. The van der Waals surface area contributed by atoms with Crippen molar-refractivity contribution in [2.75, 3.05) is 0 Å². The molecule has 0 aliphatic heterocycles. The van der Waals surface area contributed by atoms with Gasteiger partial charge in [0.15, 0.2) is 0 Å². The molecule has 1 aromatic carbocycles. The summed E-state index contributed by atoms with van der Waals surface area (Å²) in [4.78, 5) is 17.6. The number of benzene rings is 1. The van der Waals surface area contributed by atoms with E-state index in [9.17, 15) is 4.79 Å². The van der Waals surface area contributed by atoms with Crippen molar-refractivity contribution in [3.05, 3.63) is 59.3 Å². The Kier molecular flexibility index (Phi) is 6.07. The van der Waals surface area contributed by atoms with Crippen LogP contribution in [0.4, 0.5) is 0 Å². The SMILES string of the molecule is O=C(Cc1coc(-c2cccs2)n1)NCc1cccc(OC2CCCCC2)c1. The summed E-state index contributed by atoms with van der Waals surface area (Å²) in [6.45, 7) is 0.469. The number of carbonyl (C=O) groups is 1. The molecule has 0 unspecified atom stereocenters. The van der Waals surface area contributed by atoms with E-state index >= 15 is 0 Å². The summed E-state index contributed by atoms with van der Waals surface area (Å²) in [5.74, 6) is 1.37. The molecule has 0 bridgehead atoms. The van der Waals surface area contributed by atoms with Gasteiger partial charge in [0.1, 0.15) is 12.0 Å². The predicted octanol–water partition coefficient (Wildman–Crippen LogP) is 4.97. The van der Waals surface area contributed by atoms with E-state index in [0.717, 1.165) is 29.0 Å². The Morgan fingerprint density at radius 2 is 2.11 bits per heavy atom. The monoisotopic (exact) mass is 396 g/mol. The number of oxazole rings is 1. The summed E-state index contributed by atoms with van der Waals surface area (Å²) in [5.41, 5.74) is 1.66. The van der Waals surface area contributed by atoms with E-state index in [2.05, 4.69) is 10.3 Å². The maximum Gasteiger partial charge on any atom is 0.236 e. The van der Waals surface area contributed by atoms with Crippen LogP contribution in [0.25, 0.3) is 10.8 Å². The summed E-state index contributed by atoms with van der Waals surface area (Å²) in [6.07, 6.45) is 8.14. The van der Waals surface area contributed by atoms with E-state index in [1.54, 1.807) is 17.6 Å². The number of carbonyl (C=O) groups excluding carboxylic acids is 1. The molecule has 2 heterocycles. The Labute approximate surface area is 168 Å². The van der Waals surface area contributed by atoms with E-state index in [-0.39, 0.29) is 12.3 Å². The largest absolute Gasteiger partial charge is 0.490 e. The van der Waals surface area contributed by atoms with Crippen LogP contribution < -0.4 is 10.1 Å². The summed E-state index contributed by atoms with van der Waals surface area (Å²) >= 11 is 1.56. The third-order valence-corrected chi connectivity index (χ3v) is 5.73. The molecule has 2 aromatic heterocycles. The van der Waals surface area contributed by atoms with Gasteiger partial charge >= 0.3 is 0 Å². The molecule has 1 saturated carbocycles. The number of aromatic nitrogens is 1. The standard InChI is InChI=1S/C22H24N2O3S/c25-21(13-17-15-26-22(24-17)20-10-5-11-28-20)23-14-16-6-4-9-19(12-16)27-18-7-2-1-3-8-18/h4-6,9-12,15,18H,1-3,7-8,13-14H2,(H,23,25). The van der Waals surface area contributed by atoms with Crippen LogP contribution in [0.1, 0.15) is 43.4 Å². The first-order valence-electron chi connectivity index (χ1n) is 9.77. The summed E-state index contributed by atoms with van der Waals surface area (Å²) in [5, 5.41) is 4.92. The molecule has 1 amide bonds. The minimum absolute atomic E-state index is 0.0790. The van der Waals surface area contributed by atoms with Crippen molar-refractivity contribution in [2.45, 2.75) is 51.2 Å². The molecular weight excluding hydrogens is 372 g/mol. The molecule has 28 heavy (non-hydrogen) atoms. The van der Waals surface area contributed by atoms with Crippen molar-refractivity contribution >= 4 is 17.2 Å². The molecule has 0 atom stereocenters. The lowest BCUT2D eigenvalue weighted by molar-refractivity contribution is -0.120. The molecule has 0 spiro atoms. The van der Waals surface area contributed by atoms with Gasteiger partial charge in [-0.1, -0.05) is 24.6 Å².